The lowest BCUT2D eigenvalue weighted by molar-refractivity contribution is -0.115. The fourth-order valence-corrected chi connectivity index (χ4v) is 1.72. The Morgan fingerprint density at radius 1 is 1.24 bits per heavy atom. The zero-order valence-electron chi connectivity index (χ0n) is 12.7. The molecule has 112 valence electrons. The van der Waals surface area contributed by atoms with Gasteiger partial charge in [0.15, 0.2) is 0 Å². The Kier molecular flexibility index (Phi) is 4.37. The lowest BCUT2D eigenvalue weighted by atomic mass is 10.1. The van der Waals surface area contributed by atoms with E-state index in [0.717, 1.165) is 0 Å². The van der Waals surface area contributed by atoms with Gasteiger partial charge in [-0.05, 0) is 32.9 Å². The normalized spacial score (nSPS) is 11.4. The number of hydrogen-bond acceptors (Lipinski definition) is 5. The predicted octanol–water partition coefficient (Wildman–Crippen LogP) is 2.37. The second kappa shape index (κ2) is 6.05. The molecule has 0 saturated carbocycles. The van der Waals surface area contributed by atoms with E-state index in [0.29, 0.717) is 23.0 Å². The van der Waals surface area contributed by atoms with Crippen LogP contribution in [0, 0.1) is 6.92 Å². The van der Waals surface area contributed by atoms with Crippen molar-refractivity contribution in [2.45, 2.75) is 33.2 Å². The molecular weight excluding hydrogens is 268 g/mol. The molecule has 2 aromatic rings. The topological polar surface area (TPSA) is 80.0 Å². The third kappa shape index (κ3) is 4.39. The molecule has 0 aliphatic carbocycles. The first-order valence-corrected chi connectivity index (χ1v) is 6.79. The summed E-state index contributed by atoms with van der Waals surface area (Å²) in [4.78, 5) is 12.0. The molecular formula is C15H20N4O2. The number of nitrogens with one attached hydrogen (secondary N) is 2. The molecule has 0 saturated heterocycles. The van der Waals surface area contributed by atoms with Crippen LogP contribution in [0.4, 0.5) is 5.69 Å². The van der Waals surface area contributed by atoms with Gasteiger partial charge in [-0.15, -0.1) is 10.2 Å². The first kappa shape index (κ1) is 15.2. The Balaban J connectivity index is 2.12. The number of aryl methyl sites for hydroxylation is 1. The molecule has 0 fully saturated rings. The summed E-state index contributed by atoms with van der Waals surface area (Å²) >= 11 is 0. The Bertz CT molecular complexity index is 629. The van der Waals surface area contributed by atoms with Crippen LogP contribution in [0.25, 0.3) is 11.5 Å². The fraction of sp³-hybridized carbons (Fsp3) is 0.400. The minimum absolute atomic E-state index is 0.111. The fourth-order valence-electron chi connectivity index (χ4n) is 1.72. The molecule has 1 amide bonds. The predicted molar refractivity (Wildman–Crippen MR) is 80.9 cm³/mol. The zero-order chi connectivity index (χ0) is 15.5. The van der Waals surface area contributed by atoms with E-state index in [1.165, 1.54) is 0 Å². The van der Waals surface area contributed by atoms with Crippen molar-refractivity contribution in [1.82, 2.24) is 15.5 Å². The van der Waals surface area contributed by atoms with Crippen molar-refractivity contribution in [2.24, 2.45) is 0 Å². The van der Waals surface area contributed by atoms with E-state index in [2.05, 4.69) is 20.8 Å². The average Bonchev–Trinajstić information content (AvgIpc) is 2.83. The number of rotatable bonds is 4. The van der Waals surface area contributed by atoms with Gasteiger partial charge in [0.1, 0.15) is 0 Å². The molecule has 0 atom stereocenters. The summed E-state index contributed by atoms with van der Waals surface area (Å²) in [5.74, 6) is 0.765. The van der Waals surface area contributed by atoms with Crippen molar-refractivity contribution in [1.29, 1.82) is 0 Å². The van der Waals surface area contributed by atoms with E-state index in [4.69, 9.17) is 4.42 Å². The van der Waals surface area contributed by atoms with E-state index in [-0.39, 0.29) is 18.0 Å². The molecule has 1 heterocycles. The summed E-state index contributed by atoms with van der Waals surface area (Å²) in [5.41, 5.74) is 1.25. The van der Waals surface area contributed by atoms with Crippen LogP contribution in [0.15, 0.2) is 28.7 Å². The second-order valence-corrected chi connectivity index (χ2v) is 5.82. The van der Waals surface area contributed by atoms with Crippen LogP contribution in [0.3, 0.4) is 0 Å². The zero-order valence-corrected chi connectivity index (χ0v) is 12.7. The van der Waals surface area contributed by atoms with Crippen LogP contribution in [0.1, 0.15) is 26.7 Å². The van der Waals surface area contributed by atoms with E-state index >= 15 is 0 Å². The van der Waals surface area contributed by atoms with Crippen molar-refractivity contribution in [3.63, 3.8) is 0 Å². The number of carbonyl (C=O) groups is 1. The Morgan fingerprint density at radius 3 is 2.57 bits per heavy atom. The molecule has 1 aromatic heterocycles. The number of nitrogens with zero attached hydrogens (tertiary/aromatic N) is 2. The summed E-state index contributed by atoms with van der Waals surface area (Å²) in [7, 11) is 0. The molecule has 0 aliphatic heterocycles. The molecule has 0 bridgehead atoms. The van der Waals surface area contributed by atoms with Gasteiger partial charge < -0.3 is 15.1 Å². The van der Waals surface area contributed by atoms with Gasteiger partial charge >= 0.3 is 0 Å². The highest BCUT2D eigenvalue weighted by molar-refractivity contribution is 5.95. The highest BCUT2D eigenvalue weighted by Crippen LogP contribution is 2.26. The lowest BCUT2D eigenvalue weighted by Crippen LogP contribution is -2.41. The van der Waals surface area contributed by atoms with Gasteiger partial charge in [0.05, 0.1) is 17.8 Å². The summed E-state index contributed by atoms with van der Waals surface area (Å²) in [6.45, 7) is 7.99. The maximum Gasteiger partial charge on any atom is 0.249 e. The van der Waals surface area contributed by atoms with Crippen LogP contribution in [-0.4, -0.2) is 28.2 Å². The first-order valence-electron chi connectivity index (χ1n) is 6.79. The van der Waals surface area contributed by atoms with Gasteiger partial charge in [-0.2, -0.15) is 0 Å². The van der Waals surface area contributed by atoms with Gasteiger partial charge in [-0.25, -0.2) is 0 Å². The van der Waals surface area contributed by atoms with Crippen LogP contribution >= 0.6 is 0 Å². The quantitative estimate of drug-likeness (QED) is 0.903. The monoisotopic (exact) mass is 288 g/mol. The van der Waals surface area contributed by atoms with Crippen LogP contribution in [0.2, 0.25) is 0 Å². The van der Waals surface area contributed by atoms with E-state index in [1.54, 1.807) is 6.92 Å². The molecule has 1 aromatic carbocycles. The Labute approximate surface area is 124 Å². The standard InChI is InChI=1S/C15H20N4O2/c1-10-18-19-14(21-10)11-7-5-6-8-12(11)17-13(20)9-16-15(2,3)4/h5-8,16H,9H2,1-4H3,(H,17,20). The molecule has 0 radical (unpaired) electrons. The number of benzene rings is 1. The van der Waals surface area contributed by atoms with Crippen molar-refractivity contribution in [2.75, 3.05) is 11.9 Å². The summed E-state index contributed by atoms with van der Waals surface area (Å²) in [5, 5.41) is 13.8. The number of para-hydroxylation sites is 1. The number of hydrogen-bond donors (Lipinski definition) is 2. The molecule has 21 heavy (non-hydrogen) atoms. The molecule has 2 N–H and O–H groups in total. The van der Waals surface area contributed by atoms with Gasteiger partial charge in [0.2, 0.25) is 17.7 Å². The second-order valence-electron chi connectivity index (χ2n) is 5.82. The third-order valence-electron chi connectivity index (χ3n) is 2.74. The maximum atomic E-state index is 12.0. The number of aromatic nitrogens is 2. The summed E-state index contributed by atoms with van der Waals surface area (Å²) < 4.78 is 5.42. The van der Waals surface area contributed by atoms with Gasteiger partial charge in [0, 0.05) is 12.5 Å². The van der Waals surface area contributed by atoms with Crippen LogP contribution < -0.4 is 10.6 Å². The van der Waals surface area contributed by atoms with Gasteiger partial charge in [-0.3, -0.25) is 4.79 Å². The van der Waals surface area contributed by atoms with Crippen molar-refractivity contribution < 1.29 is 9.21 Å². The molecule has 0 spiro atoms. The minimum atomic E-state index is -0.117. The smallest absolute Gasteiger partial charge is 0.249 e. The molecule has 6 heteroatoms. The number of amides is 1. The highest BCUT2D eigenvalue weighted by atomic mass is 16.4. The highest BCUT2D eigenvalue weighted by Gasteiger charge is 2.15. The average molecular weight is 288 g/mol. The largest absolute Gasteiger partial charge is 0.421 e. The lowest BCUT2D eigenvalue weighted by Gasteiger charge is -2.20. The maximum absolute atomic E-state index is 12.0. The SMILES string of the molecule is Cc1nnc(-c2ccccc2NC(=O)CNC(C)(C)C)o1. The Morgan fingerprint density at radius 2 is 1.95 bits per heavy atom. The van der Waals surface area contributed by atoms with Crippen molar-refractivity contribution in [3.05, 3.63) is 30.2 Å². The molecule has 0 aliphatic rings. The van der Waals surface area contributed by atoms with Crippen molar-refractivity contribution in [3.8, 4) is 11.5 Å². The van der Waals surface area contributed by atoms with Crippen LogP contribution in [0.5, 0.6) is 0 Å². The number of anilines is 1. The van der Waals surface area contributed by atoms with Crippen molar-refractivity contribution >= 4 is 11.6 Å². The Hall–Kier alpha value is -2.21. The van der Waals surface area contributed by atoms with Crippen LogP contribution in [-0.2, 0) is 4.79 Å². The molecule has 6 nitrogen and oxygen atoms in total. The molecule has 2 rings (SSSR count). The number of carbonyl (C=O) groups excluding carboxylic acids is 1. The molecule has 0 unspecified atom stereocenters. The van der Waals surface area contributed by atoms with Gasteiger partial charge in [0.25, 0.3) is 0 Å². The minimum Gasteiger partial charge on any atom is -0.421 e. The summed E-state index contributed by atoms with van der Waals surface area (Å²) in [6.07, 6.45) is 0. The van der Waals surface area contributed by atoms with E-state index in [1.807, 2.05) is 45.0 Å². The van der Waals surface area contributed by atoms with Gasteiger partial charge in [-0.1, -0.05) is 12.1 Å². The van der Waals surface area contributed by atoms with E-state index in [9.17, 15) is 4.79 Å². The summed E-state index contributed by atoms with van der Waals surface area (Å²) in [6, 6.07) is 7.35. The van der Waals surface area contributed by atoms with E-state index < -0.39 is 0 Å². The first-order chi connectivity index (χ1) is 9.85. The third-order valence-corrected chi connectivity index (χ3v) is 2.74.